The summed E-state index contributed by atoms with van der Waals surface area (Å²) in [5.41, 5.74) is 2.38. The van der Waals surface area contributed by atoms with Gasteiger partial charge in [0.05, 0.1) is 12.2 Å². The van der Waals surface area contributed by atoms with Gasteiger partial charge in [0.1, 0.15) is 0 Å². The number of piperazine rings is 1. The van der Waals surface area contributed by atoms with Crippen molar-refractivity contribution in [1.29, 1.82) is 0 Å². The predicted octanol–water partition coefficient (Wildman–Crippen LogP) is 3.90. The van der Waals surface area contributed by atoms with E-state index >= 15 is 0 Å². The molecule has 1 fully saturated rings. The number of aliphatic imine (C=N–C) groups is 1. The van der Waals surface area contributed by atoms with Crippen molar-refractivity contribution in [3.63, 3.8) is 0 Å². The van der Waals surface area contributed by atoms with E-state index in [2.05, 4.69) is 74.7 Å². The van der Waals surface area contributed by atoms with Crippen LogP contribution in [-0.2, 0) is 19.5 Å². The lowest BCUT2D eigenvalue weighted by molar-refractivity contribution is 0.172. The van der Waals surface area contributed by atoms with Gasteiger partial charge in [-0.15, -0.1) is 24.0 Å². The number of aryl methyl sites for hydroxylation is 1. The van der Waals surface area contributed by atoms with Crippen LogP contribution in [0.1, 0.15) is 23.9 Å². The van der Waals surface area contributed by atoms with Crippen LogP contribution in [0.5, 0.6) is 0 Å². The minimum atomic E-state index is 0. The Morgan fingerprint density at radius 3 is 2.60 bits per heavy atom. The Bertz CT molecular complexity index is 973. The van der Waals surface area contributed by atoms with Gasteiger partial charge in [-0.25, -0.2) is 0 Å². The number of rotatable bonds is 5. The van der Waals surface area contributed by atoms with Crippen LogP contribution in [0.15, 0.2) is 58.0 Å². The standard InChI is InChI=1S/C23H29N5O.HI/c1-3-20-15-21(29-26-20)16-25-23(24-2)28-13-11-27(12-14-28)17-19-9-6-8-18-7-4-5-10-22(18)19;/h4-10,15H,3,11-14,16-17H2,1-2H3,(H,24,25);1H. The van der Waals surface area contributed by atoms with Crippen LogP contribution in [-0.4, -0.2) is 54.1 Å². The number of guanidine groups is 1. The highest BCUT2D eigenvalue weighted by Crippen LogP contribution is 2.20. The first kappa shape index (κ1) is 22.6. The number of nitrogens with zero attached hydrogens (tertiary/aromatic N) is 4. The third-order valence-corrected chi connectivity index (χ3v) is 5.55. The highest BCUT2D eigenvalue weighted by molar-refractivity contribution is 14.0. The maximum Gasteiger partial charge on any atom is 0.194 e. The molecular weight excluding hydrogens is 489 g/mol. The molecule has 0 spiro atoms. The van der Waals surface area contributed by atoms with Gasteiger partial charge in [0.25, 0.3) is 0 Å². The van der Waals surface area contributed by atoms with Crippen LogP contribution in [0.4, 0.5) is 0 Å². The Morgan fingerprint density at radius 1 is 1.10 bits per heavy atom. The van der Waals surface area contributed by atoms with Crippen molar-refractivity contribution < 1.29 is 4.52 Å². The number of nitrogens with one attached hydrogen (secondary N) is 1. The molecule has 0 atom stereocenters. The van der Waals surface area contributed by atoms with Gasteiger partial charge in [0.15, 0.2) is 11.7 Å². The molecule has 1 saturated heterocycles. The Morgan fingerprint density at radius 2 is 1.87 bits per heavy atom. The van der Waals surface area contributed by atoms with Crippen molar-refractivity contribution >= 4 is 40.7 Å². The molecule has 0 radical (unpaired) electrons. The zero-order valence-electron chi connectivity index (χ0n) is 17.7. The molecule has 0 amide bonds. The van der Waals surface area contributed by atoms with E-state index in [-0.39, 0.29) is 24.0 Å². The van der Waals surface area contributed by atoms with E-state index < -0.39 is 0 Å². The van der Waals surface area contributed by atoms with Gasteiger partial charge in [0, 0.05) is 45.8 Å². The van der Waals surface area contributed by atoms with E-state index in [1.807, 2.05) is 13.1 Å². The Kier molecular flexibility index (Phi) is 8.09. The molecule has 1 aromatic heterocycles. The van der Waals surface area contributed by atoms with Gasteiger partial charge in [0.2, 0.25) is 0 Å². The van der Waals surface area contributed by atoms with Crippen molar-refractivity contribution in [1.82, 2.24) is 20.3 Å². The first-order valence-corrected chi connectivity index (χ1v) is 10.4. The van der Waals surface area contributed by atoms with Crippen LogP contribution < -0.4 is 5.32 Å². The lowest BCUT2D eigenvalue weighted by atomic mass is 10.0. The largest absolute Gasteiger partial charge is 0.359 e. The van der Waals surface area contributed by atoms with Crippen molar-refractivity contribution in [3.8, 4) is 0 Å². The van der Waals surface area contributed by atoms with E-state index in [1.54, 1.807) is 0 Å². The Labute approximate surface area is 195 Å². The highest BCUT2D eigenvalue weighted by atomic mass is 127. The molecule has 4 rings (SSSR count). The van der Waals surface area contributed by atoms with Crippen molar-refractivity contribution in [2.75, 3.05) is 33.2 Å². The summed E-state index contributed by atoms with van der Waals surface area (Å²) in [6.45, 7) is 7.63. The zero-order chi connectivity index (χ0) is 20.1. The van der Waals surface area contributed by atoms with Gasteiger partial charge < -0.3 is 14.7 Å². The second kappa shape index (κ2) is 10.8. The summed E-state index contributed by atoms with van der Waals surface area (Å²) in [6, 6.07) is 17.2. The van der Waals surface area contributed by atoms with Gasteiger partial charge in [-0.1, -0.05) is 54.5 Å². The predicted molar refractivity (Wildman–Crippen MR) is 132 cm³/mol. The van der Waals surface area contributed by atoms with Crippen LogP contribution in [0.2, 0.25) is 0 Å². The molecule has 6 nitrogen and oxygen atoms in total. The third-order valence-electron chi connectivity index (χ3n) is 5.55. The summed E-state index contributed by atoms with van der Waals surface area (Å²) in [5.74, 6) is 1.77. The topological polar surface area (TPSA) is 56.9 Å². The van der Waals surface area contributed by atoms with Crippen LogP contribution in [0.25, 0.3) is 10.8 Å². The third kappa shape index (κ3) is 5.31. The molecule has 3 aromatic rings. The molecule has 0 aliphatic carbocycles. The molecule has 1 aliphatic heterocycles. The van der Waals surface area contributed by atoms with Crippen molar-refractivity contribution in [2.45, 2.75) is 26.4 Å². The lowest BCUT2D eigenvalue weighted by Crippen LogP contribution is -2.52. The monoisotopic (exact) mass is 519 g/mol. The van der Waals surface area contributed by atoms with E-state index in [0.29, 0.717) is 6.54 Å². The van der Waals surface area contributed by atoms with Gasteiger partial charge in [-0.05, 0) is 22.8 Å². The molecule has 0 unspecified atom stereocenters. The average Bonchev–Trinajstić information content (AvgIpc) is 3.24. The van der Waals surface area contributed by atoms with E-state index in [4.69, 9.17) is 4.52 Å². The Hall–Kier alpha value is -2.13. The quantitative estimate of drug-likeness (QED) is 0.315. The molecule has 160 valence electrons. The highest BCUT2D eigenvalue weighted by Gasteiger charge is 2.20. The summed E-state index contributed by atoms with van der Waals surface area (Å²) in [6.07, 6.45) is 0.886. The molecule has 0 saturated carbocycles. The van der Waals surface area contributed by atoms with E-state index in [9.17, 15) is 0 Å². The Balaban J connectivity index is 0.00000256. The summed E-state index contributed by atoms with van der Waals surface area (Å²) >= 11 is 0. The number of hydrogen-bond acceptors (Lipinski definition) is 4. The minimum Gasteiger partial charge on any atom is -0.359 e. The normalized spacial score (nSPS) is 15.3. The second-order valence-corrected chi connectivity index (χ2v) is 7.44. The molecule has 0 bridgehead atoms. The summed E-state index contributed by atoms with van der Waals surface area (Å²) in [4.78, 5) is 9.29. The van der Waals surface area contributed by atoms with E-state index in [0.717, 1.165) is 56.6 Å². The fourth-order valence-electron chi connectivity index (χ4n) is 3.89. The summed E-state index contributed by atoms with van der Waals surface area (Å²) < 4.78 is 5.36. The maximum absolute atomic E-state index is 5.36. The maximum atomic E-state index is 5.36. The van der Waals surface area contributed by atoms with Crippen LogP contribution in [0, 0.1) is 0 Å². The average molecular weight is 519 g/mol. The molecule has 1 N–H and O–H groups in total. The molecule has 1 aliphatic rings. The number of benzene rings is 2. The molecule has 2 heterocycles. The zero-order valence-corrected chi connectivity index (χ0v) is 20.0. The summed E-state index contributed by atoms with van der Waals surface area (Å²) in [5, 5.41) is 10.1. The second-order valence-electron chi connectivity index (χ2n) is 7.44. The van der Waals surface area contributed by atoms with Crippen LogP contribution >= 0.6 is 24.0 Å². The number of halogens is 1. The molecule has 7 heteroatoms. The fourth-order valence-corrected chi connectivity index (χ4v) is 3.89. The number of fused-ring (bicyclic) bond motifs is 1. The number of aromatic nitrogens is 1. The van der Waals surface area contributed by atoms with Gasteiger partial charge >= 0.3 is 0 Å². The van der Waals surface area contributed by atoms with Crippen LogP contribution in [0.3, 0.4) is 0 Å². The summed E-state index contributed by atoms with van der Waals surface area (Å²) in [7, 11) is 1.84. The first-order valence-electron chi connectivity index (χ1n) is 10.4. The number of hydrogen-bond donors (Lipinski definition) is 1. The minimum absolute atomic E-state index is 0. The smallest absolute Gasteiger partial charge is 0.194 e. The van der Waals surface area contributed by atoms with Crippen molar-refractivity contribution in [3.05, 3.63) is 65.5 Å². The molecular formula is C23H30IN5O. The fraction of sp³-hybridized carbons (Fsp3) is 0.391. The SMILES string of the molecule is CCc1cc(CNC(=NC)N2CCN(Cc3cccc4ccccc34)CC2)on1.I. The van der Waals surface area contributed by atoms with Gasteiger partial charge in [-0.2, -0.15) is 0 Å². The van der Waals surface area contributed by atoms with E-state index in [1.165, 1.54) is 16.3 Å². The molecule has 2 aromatic carbocycles. The lowest BCUT2D eigenvalue weighted by Gasteiger charge is -2.36. The molecule has 30 heavy (non-hydrogen) atoms. The van der Waals surface area contributed by atoms with Crippen molar-refractivity contribution in [2.24, 2.45) is 4.99 Å². The first-order chi connectivity index (χ1) is 14.3. The van der Waals surface area contributed by atoms with Gasteiger partial charge in [-0.3, -0.25) is 9.89 Å².